The second-order valence-corrected chi connectivity index (χ2v) is 8.02. The summed E-state index contributed by atoms with van der Waals surface area (Å²) in [5.41, 5.74) is 5.57. The third kappa shape index (κ3) is 3.17. The van der Waals surface area contributed by atoms with Crippen LogP contribution in [0.25, 0.3) is 5.69 Å². The topological polar surface area (TPSA) is 59.4 Å². The fourth-order valence-electron chi connectivity index (χ4n) is 4.59. The van der Waals surface area contributed by atoms with E-state index in [9.17, 15) is 4.79 Å². The summed E-state index contributed by atoms with van der Waals surface area (Å²) in [5.74, 6) is 0.0381. The standard InChI is InChI=1S/C24H26N4O2/c1-16-22(17(2)28(26-16)18-9-4-3-5-10-18)23-25-21-13-7-6-12-20(21)24(29)27(23)15-19-11-8-14-30-19/h3-7,9-10,12-13,19,23,25H,8,11,14-15H2,1-2H3/t19-,23+/m1/s1. The Balaban J connectivity index is 1.59. The second-order valence-electron chi connectivity index (χ2n) is 8.02. The molecule has 0 aliphatic carbocycles. The number of amides is 1. The van der Waals surface area contributed by atoms with E-state index in [1.54, 1.807) is 0 Å². The molecule has 1 amide bonds. The number of hydrogen-bond donors (Lipinski definition) is 1. The number of anilines is 1. The molecule has 1 saturated heterocycles. The number of nitrogens with one attached hydrogen (secondary N) is 1. The molecule has 1 N–H and O–H groups in total. The van der Waals surface area contributed by atoms with Crippen LogP contribution in [0.15, 0.2) is 54.6 Å². The molecule has 3 aromatic rings. The van der Waals surface area contributed by atoms with Gasteiger partial charge in [0.25, 0.3) is 5.91 Å². The number of carbonyl (C=O) groups is 1. The van der Waals surface area contributed by atoms with Crippen LogP contribution in [0.4, 0.5) is 5.69 Å². The van der Waals surface area contributed by atoms with Gasteiger partial charge < -0.3 is 15.0 Å². The molecule has 30 heavy (non-hydrogen) atoms. The van der Waals surface area contributed by atoms with Crippen molar-refractivity contribution >= 4 is 11.6 Å². The molecule has 6 heteroatoms. The molecule has 0 saturated carbocycles. The third-order valence-electron chi connectivity index (χ3n) is 6.07. The number of aromatic nitrogens is 2. The number of fused-ring (bicyclic) bond motifs is 1. The number of hydrogen-bond acceptors (Lipinski definition) is 4. The first-order valence-corrected chi connectivity index (χ1v) is 10.5. The zero-order valence-electron chi connectivity index (χ0n) is 17.3. The Morgan fingerprint density at radius 3 is 2.63 bits per heavy atom. The van der Waals surface area contributed by atoms with Crippen LogP contribution in [-0.2, 0) is 4.74 Å². The van der Waals surface area contributed by atoms with Gasteiger partial charge in [-0.15, -0.1) is 0 Å². The highest BCUT2D eigenvalue weighted by molar-refractivity contribution is 6.01. The average molecular weight is 402 g/mol. The summed E-state index contributed by atoms with van der Waals surface area (Å²) in [7, 11) is 0. The summed E-state index contributed by atoms with van der Waals surface area (Å²) in [4.78, 5) is 15.4. The number of benzene rings is 2. The lowest BCUT2D eigenvalue weighted by Crippen LogP contribution is -2.46. The molecule has 0 unspecified atom stereocenters. The molecule has 2 aliphatic rings. The Labute approximate surface area is 176 Å². The van der Waals surface area contributed by atoms with Gasteiger partial charge in [-0.1, -0.05) is 30.3 Å². The predicted molar refractivity (Wildman–Crippen MR) is 116 cm³/mol. The van der Waals surface area contributed by atoms with Crippen molar-refractivity contribution in [3.63, 3.8) is 0 Å². The van der Waals surface area contributed by atoms with Gasteiger partial charge in [0.1, 0.15) is 6.17 Å². The van der Waals surface area contributed by atoms with E-state index in [2.05, 4.69) is 12.2 Å². The highest BCUT2D eigenvalue weighted by Gasteiger charge is 2.37. The zero-order chi connectivity index (χ0) is 20.7. The van der Waals surface area contributed by atoms with Crippen molar-refractivity contribution in [2.45, 2.75) is 39.0 Å². The smallest absolute Gasteiger partial charge is 0.257 e. The SMILES string of the molecule is Cc1nn(-c2ccccc2)c(C)c1[C@H]1Nc2ccccc2C(=O)N1C[C@H]1CCCO1. The van der Waals surface area contributed by atoms with Gasteiger partial charge >= 0.3 is 0 Å². The van der Waals surface area contributed by atoms with Gasteiger partial charge in [-0.2, -0.15) is 5.10 Å². The number of aryl methyl sites for hydroxylation is 1. The van der Waals surface area contributed by atoms with Crippen molar-refractivity contribution < 1.29 is 9.53 Å². The van der Waals surface area contributed by atoms with Crippen LogP contribution < -0.4 is 5.32 Å². The second kappa shape index (κ2) is 7.61. The molecule has 2 atom stereocenters. The Kier molecular flexibility index (Phi) is 4.79. The van der Waals surface area contributed by atoms with Crippen LogP contribution in [0, 0.1) is 13.8 Å². The Bertz CT molecular complexity index is 1070. The molecule has 154 valence electrons. The van der Waals surface area contributed by atoms with E-state index in [1.165, 1.54) is 0 Å². The lowest BCUT2D eigenvalue weighted by molar-refractivity contribution is 0.0426. The number of para-hydroxylation sites is 2. The largest absolute Gasteiger partial charge is 0.376 e. The number of rotatable bonds is 4. The minimum absolute atomic E-state index is 0.0381. The van der Waals surface area contributed by atoms with Crippen molar-refractivity contribution in [3.05, 3.63) is 77.1 Å². The first kappa shape index (κ1) is 18.9. The fourth-order valence-corrected chi connectivity index (χ4v) is 4.59. The summed E-state index contributed by atoms with van der Waals surface area (Å²) in [6.45, 7) is 5.42. The summed E-state index contributed by atoms with van der Waals surface area (Å²) >= 11 is 0. The molecular weight excluding hydrogens is 376 g/mol. The van der Waals surface area contributed by atoms with E-state index in [-0.39, 0.29) is 18.2 Å². The molecule has 2 aliphatic heterocycles. The van der Waals surface area contributed by atoms with Gasteiger partial charge in [-0.3, -0.25) is 4.79 Å². The fraction of sp³-hybridized carbons (Fsp3) is 0.333. The molecule has 5 rings (SSSR count). The average Bonchev–Trinajstić information content (AvgIpc) is 3.38. The van der Waals surface area contributed by atoms with Gasteiger partial charge in [0.15, 0.2) is 0 Å². The molecule has 6 nitrogen and oxygen atoms in total. The number of nitrogens with zero attached hydrogens (tertiary/aromatic N) is 3. The van der Waals surface area contributed by atoms with E-state index in [0.29, 0.717) is 12.1 Å². The summed E-state index contributed by atoms with van der Waals surface area (Å²) < 4.78 is 7.83. The number of ether oxygens (including phenoxy) is 1. The number of carbonyl (C=O) groups excluding carboxylic acids is 1. The van der Waals surface area contributed by atoms with E-state index in [1.807, 2.05) is 71.1 Å². The molecule has 0 radical (unpaired) electrons. The third-order valence-corrected chi connectivity index (χ3v) is 6.07. The molecule has 1 aromatic heterocycles. The minimum Gasteiger partial charge on any atom is -0.376 e. The lowest BCUT2D eigenvalue weighted by atomic mass is 10.0. The minimum atomic E-state index is -0.283. The Morgan fingerprint density at radius 2 is 1.87 bits per heavy atom. The van der Waals surface area contributed by atoms with Gasteiger partial charge in [-0.05, 0) is 51.0 Å². The van der Waals surface area contributed by atoms with Gasteiger partial charge in [0.2, 0.25) is 0 Å². The van der Waals surface area contributed by atoms with Crippen LogP contribution in [0.1, 0.15) is 46.3 Å². The molecule has 0 spiro atoms. The lowest BCUT2D eigenvalue weighted by Gasteiger charge is -2.39. The maximum absolute atomic E-state index is 13.5. The van der Waals surface area contributed by atoms with Crippen molar-refractivity contribution in [1.82, 2.24) is 14.7 Å². The van der Waals surface area contributed by atoms with Gasteiger partial charge in [-0.25, -0.2) is 4.68 Å². The highest BCUT2D eigenvalue weighted by Crippen LogP contribution is 2.37. The van der Waals surface area contributed by atoms with Crippen LogP contribution in [0.2, 0.25) is 0 Å². The quantitative estimate of drug-likeness (QED) is 0.709. The maximum Gasteiger partial charge on any atom is 0.257 e. The summed E-state index contributed by atoms with van der Waals surface area (Å²) in [6.07, 6.45) is 1.83. The summed E-state index contributed by atoms with van der Waals surface area (Å²) in [6, 6.07) is 17.8. The predicted octanol–water partition coefficient (Wildman–Crippen LogP) is 4.23. The van der Waals surface area contributed by atoms with Crippen molar-refractivity contribution in [1.29, 1.82) is 0 Å². The van der Waals surface area contributed by atoms with Crippen LogP contribution in [0.5, 0.6) is 0 Å². The monoisotopic (exact) mass is 402 g/mol. The van der Waals surface area contributed by atoms with Crippen LogP contribution >= 0.6 is 0 Å². The van der Waals surface area contributed by atoms with E-state index in [4.69, 9.17) is 9.84 Å². The van der Waals surface area contributed by atoms with Gasteiger partial charge in [0.05, 0.1) is 23.0 Å². The van der Waals surface area contributed by atoms with Crippen molar-refractivity contribution in [2.24, 2.45) is 0 Å². The maximum atomic E-state index is 13.5. The van der Waals surface area contributed by atoms with E-state index >= 15 is 0 Å². The molecule has 2 aromatic carbocycles. The van der Waals surface area contributed by atoms with E-state index in [0.717, 1.165) is 47.8 Å². The molecule has 1 fully saturated rings. The Morgan fingerprint density at radius 1 is 1.10 bits per heavy atom. The first-order chi connectivity index (χ1) is 14.6. The molecule has 0 bridgehead atoms. The van der Waals surface area contributed by atoms with Crippen molar-refractivity contribution in [2.75, 3.05) is 18.5 Å². The normalized spacial score (nSPS) is 20.9. The van der Waals surface area contributed by atoms with Crippen LogP contribution in [-0.4, -0.2) is 39.8 Å². The van der Waals surface area contributed by atoms with Crippen LogP contribution in [0.3, 0.4) is 0 Å². The summed E-state index contributed by atoms with van der Waals surface area (Å²) in [5, 5.41) is 8.42. The van der Waals surface area contributed by atoms with Gasteiger partial charge in [0, 0.05) is 30.1 Å². The van der Waals surface area contributed by atoms with Crippen molar-refractivity contribution in [3.8, 4) is 5.69 Å². The molecular formula is C24H26N4O2. The van der Waals surface area contributed by atoms with E-state index < -0.39 is 0 Å². The molecule has 3 heterocycles. The highest BCUT2D eigenvalue weighted by atomic mass is 16.5. The Hall–Kier alpha value is -3.12. The zero-order valence-corrected chi connectivity index (χ0v) is 17.3. The first-order valence-electron chi connectivity index (χ1n) is 10.5.